The molecule has 128 valence electrons. The summed E-state index contributed by atoms with van der Waals surface area (Å²) in [7, 11) is 0. The molecule has 4 nitrogen and oxygen atoms in total. The van der Waals surface area contributed by atoms with Crippen molar-refractivity contribution < 1.29 is 9.53 Å². The summed E-state index contributed by atoms with van der Waals surface area (Å²) in [5, 5.41) is 6.34. The van der Waals surface area contributed by atoms with Gasteiger partial charge in [-0.3, -0.25) is 4.79 Å². The molecule has 1 saturated carbocycles. The van der Waals surface area contributed by atoms with Gasteiger partial charge in [0.05, 0.1) is 0 Å². The van der Waals surface area contributed by atoms with Crippen LogP contribution in [0.5, 0.6) is 5.75 Å². The van der Waals surface area contributed by atoms with E-state index in [4.69, 9.17) is 4.74 Å². The number of rotatable bonds is 4. The van der Waals surface area contributed by atoms with E-state index in [-0.39, 0.29) is 18.3 Å². The fourth-order valence-electron chi connectivity index (χ4n) is 3.43. The molecule has 1 aliphatic heterocycles. The molecule has 0 radical (unpaired) electrons. The van der Waals surface area contributed by atoms with Gasteiger partial charge in [-0.25, -0.2) is 0 Å². The molecule has 23 heavy (non-hydrogen) atoms. The molecule has 1 aliphatic carbocycles. The van der Waals surface area contributed by atoms with Crippen LogP contribution in [-0.2, 0) is 11.3 Å². The standard InChI is InChI=1S/C18H26N2O2.ClH/c21-18(9-6-14-4-2-1-3-5-14)20-16-7-8-17-15(12-16)13-19-10-11-22-17;/h7-8,12,14,19H,1-6,9-11,13H2,(H,20,21);1H. The van der Waals surface area contributed by atoms with E-state index in [0.29, 0.717) is 13.0 Å². The highest BCUT2D eigenvalue weighted by Crippen LogP contribution is 2.28. The fourth-order valence-corrected chi connectivity index (χ4v) is 3.43. The zero-order valence-corrected chi connectivity index (χ0v) is 14.4. The highest BCUT2D eigenvalue weighted by molar-refractivity contribution is 5.90. The molecule has 0 aromatic heterocycles. The van der Waals surface area contributed by atoms with Gasteiger partial charge in [0, 0.05) is 30.8 Å². The van der Waals surface area contributed by atoms with Crippen molar-refractivity contribution in [3.05, 3.63) is 23.8 Å². The lowest BCUT2D eigenvalue weighted by Crippen LogP contribution is -2.16. The van der Waals surface area contributed by atoms with Crippen molar-refractivity contribution in [3.8, 4) is 5.75 Å². The first-order valence-electron chi connectivity index (χ1n) is 8.57. The summed E-state index contributed by atoms with van der Waals surface area (Å²) in [4.78, 5) is 12.1. The van der Waals surface area contributed by atoms with Gasteiger partial charge in [-0.05, 0) is 30.5 Å². The Hall–Kier alpha value is -1.26. The summed E-state index contributed by atoms with van der Waals surface area (Å²) in [5.41, 5.74) is 1.99. The normalized spacial score (nSPS) is 18.1. The largest absolute Gasteiger partial charge is 0.492 e. The Labute approximate surface area is 144 Å². The third-order valence-electron chi connectivity index (χ3n) is 4.70. The van der Waals surface area contributed by atoms with Crippen molar-refractivity contribution in [2.45, 2.75) is 51.5 Å². The third kappa shape index (κ3) is 5.40. The van der Waals surface area contributed by atoms with E-state index in [1.807, 2.05) is 18.2 Å². The van der Waals surface area contributed by atoms with Gasteiger partial charge in [0.25, 0.3) is 0 Å². The zero-order chi connectivity index (χ0) is 15.2. The highest BCUT2D eigenvalue weighted by Gasteiger charge is 2.15. The monoisotopic (exact) mass is 338 g/mol. The van der Waals surface area contributed by atoms with Gasteiger partial charge in [0.2, 0.25) is 5.91 Å². The zero-order valence-electron chi connectivity index (χ0n) is 13.6. The number of fused-ring (bicyclic) bond motifs is 1. The minimum absolute atomic E-state index is 0. The maximum absolute atomic E-state index is 12.1. The number of hydrogen-bond acceptors (Lipinski definition) is 3. The second-order valence-electron chi connectivity index (χ2n) is 6.44. The maximum atomic E-state index is 12.1. The van der Waals surface area contributed by atoms with Crippen LogP contribution in [0.3, 0.4) is 0 Å². The second kappa shape index (κ2) is 9.14. The van der Waals surface area contributed by atoms with Crippen LogP contribution >= 0.6 is 12.4 Å². The van der Waals surface area contributed by atoms with Crippen LogP contribution in [0.15, 0.2) is 18.2 Å². The number of carbonyl (C=O) groups excluding carboxylic acids is 1. The van der Waals surface area contributed by atoms with Crippen molar-refractivity contribution in [1.29, 1.82) is 0 Å². The molecule has 1 aromatic rings. The number of carbonyl (C=O) groups is 1. The summed E-state index contributed by atoms with van der Waals surface area (Å²) in [6, 6.07) is 5.91. The molecule has 0 bridgehead atoms. The van der Waals surface area contributed by atoms with Crippen molar-refractivity contribution in [3.63, 3.8) is 0 Å². The van der Waals surface area contributed by atoms with Gasteiger partial charge in [0.15, 0.2) is 0 Å². The average molecular weight is 339 g/mol. The van der Waals surface area contributed by atoms with E-state index < -0.39 is 0 Å². The Balaban J connectivity index is 0.00000192. The van der Waals surface area contributed by atoms with Gasteiger partial charge in [-0.1, -0.05) is 32.1 Å². The average Bonchev–Trinajstić information content (AvgIpc) is 2.79. The second-order valence-corrected chi connectivity index (χ2v) is 6.44. The molecule has 3 rings (SSSR count). The highest BCUT2D eigenvalue weighted by atomic mass is 35.5. The lowest BCUT2D eigenvalue weighted by Gasteiger charge is -2.21. The molecule has 0 saturated heterocycles. The van der Waals surface area contributed by atoms with Crippen LogP contribution in [-0.4, -0.2) is 19.1 Å². The number of benzene rings is 1. The van der Waals surface area contributed by atoms with Crippen molar-refractivity contribution in [2.24, 2.45) is 5.92 Å². The van der Waals surface area contributed by atoms with Crippen LogP contribution in [0.4, 0.5) is 5.69 Å². The molecular weight excluding hydrogens is 312 g/mol. The molecule has 1 heterocycles. The minimum Gasteiger partial charge on any atom is -0.492 e. The summed E-state index contributed by atoms with van der Waals surface area (Å²) in [5.74, 6) is 1.81. The van der Waals surface area contributed by atoms with Gasteiger partial charge in [-0.2, -0.15) is 0 Å². The Morgan fingerprint density at radius 3 is 2.91 bits per heavy atom. The predicted octanol–water partition coefficient (Wildman–Crippen LogP) is 3.89. The predicted molar refractivity (Wildman–Crippen MR) is 95.3 cm³/mol. The summed E-state index contributed by atoms with van der Waals surface area (Å²) >= 11 is 0. The fraction of sp³-hybridized carbons (Fsp3) is 0.611. The van der Waals surface area contributed by atoms with Crippen LogP contribution in [0.1, 0.15) is 50.5 Å². The van der Waals surface area contributed by atoms with E-state index in [9.17, 15) is 4.79 Å². The van der Waals surface area contributed by atoms with Gasteiger partial charge < -0.3 is 15.4 Å². The Bertz CT molecular complexity index is 516. The van der Waals surface area contributed by atoms with Gasteiger partial charge >= 0.3 is 0 Å². The summed E-state index contributed by atoms with van der Waals surface area (Å²) in [6.45, 7) is 2.35. The Morgan fingerprint density at radius 1 is 1.26 bits per heavy atom. The third-order valence-corrected chi connectivity index (χ3v) is 4.70. The molecule has 2 N–H and O–H groups in total. The SMILES string of the molecule is Cl.O=C(CCC1CCCCC1)Nc1ccc2c(c1)CNCCO2. The lowest BCUT2D eigenvalue weighted by atomic mass is 9.86. The van der Waals surface area contributed by atoms with Gasteiger partial charge in [-0.15, -0.1) is 12.4 Å². The lowest BCUT2D eigenvalue weighted by molar-refractivity contribution is -0.116. The molecule has 5 heteroatoms. The number of halogens is 1. The van der Waals surface area contributed by atoms with Crippen LogP contribution in [0.2, 0.25) is 0 Å². The first kappa shape index (κ1) is 18.1. The van der Waals surface area contributed by atoms with E-state index in [1.54, 1.807) is 0 Å². The molecule has 1 aromatic carbocycles. The molecule has 0 spiro atoms. The van der Waals surface area contributed by atoms with Crippen molar-refractivity contribution in [2.75, 3.05) is 18.5 Å². The first-order chi connectivity index (χ1) is 10.8. The van der Waals surface area contributed by atoms with E-state index in [1.165, 1.54) is 32.1 Å². The quantitative estimate of drug-likeness (QED) is 0.875. The Morgan fingerprint density at radius 2 is 2.09 bits per heavy atom. The topological polar surface area (TPSA) is 50.4 Å². The summed E-state index contributed by atoms with van der Waals surface area (Å²) < 4.78 is 5.66. The number of hydrogen-bond donors (Lipinski definition) is 2. The molecule has 0 unspecified atom stereocenters. The van der Waals surface area contributed by atoms with Crippen LogP contribution in [0, 0.1) is 5.92 Å². The minimum atomic E-state index is 0. The van der Waals surface area contributed by atoms with Crippen molar-refractivity contribution >= 4 is 24.0 Å². The van der Waals surface area contributed by atoms with E-state index in [0.717, 1.165) is 42.4 Å². The number of anilines is 1. The first-order valence-corrected chi connectivity index (χ1v) is 8.57. The molecular formula is C18H27ClN2O2. The smallest absolute Gasteiger partial charge is 0.224 e. The molecule has 1 amide bonds. The van der Waals surface area contributed by atoms with E-state index in [2.05, 4.69) is 10.6 Å². The molecule has 2 aliphatic rings. The van der Waals surface area contributed by atoms with Crippen LogP contribution in [0.25, 0.3) is 0 Å². The van der Waals surface area contributed by atoms with Crippen molar-refractivity contribution in [1.82, 2.24) is 5.32 Å². The maximum Gasteiger partial charge on any atom is 0.224 e. The van der Waals surface area contributed by atoms with Crippen LogP contribution < -0.4 is 15.4 Å². The van der Waals surface area contributed by atoms with E-state index >= 15 is 0 Å². The van der Waals surface area contributed by atoms with Gasteiger partial charge in [0.1, 0.15) is 12.4 Å². The molecule has 0 atom stereocenters. The number of nitrogens with one attached hydrogen (secondary N) is 2. The number of amides is 1. The Kier molecular flexibility index (Phi) is 7.18. The number of ether oxygens (including phenoxy) is 1. The molecule has 1 fully saturated rings. The summed E-state index contributed by atoms with van der Waals surface area (Å²) in [6.07, 6.45) is 8.31.